The smallest absolute Gasteiger partial charge is 0.290 e. The maximum absolute atomic E-state index is 12.3. The van der Waals surface area contributed by atoms with Gasteiger partial charge in [0.05, 0.1) is 17.8 Å². The number of ether oxygens (including phenoxy) is 2. The molecule has 0 unspecified atom stereocenters. The molecule has 118 valence electrons. The Kier molecular flexibility index (Phi) is 4.89. The SMILES string of the molecule is COC(CN1C(=O)C(O)=C(C(C)=O)[C@H]1c1ccccn1)OC. The molecule has 1 aliphatic heterocycles. The Balaban J connectivity index is 2.44. The summed E-state index contributed by atoms with van der Waals surface area (Å²) in [6, 6.07) is 4.43. The van der Waals surface area contributed by atoms with Gasteiger partial charge in [-0.1, -0.05) is 6.07 Å². The van der Waals surface area contributed by atoms with Gasteiger partial charge in [-0.05, 0) is 19.1 Å². The molecule has 0 spiro atoms. The molecule has 7 heteroatoms. The molecule has 1 aromatic rings. The lowest BCUT2D eigenvalue weighted by molar-refractivity contribution is -0.144. The standard InChI is InChI=1S/C15H18N2O5/c1-9(18)12-13(10-6-4-5-7-16-10)17(15(20)14(12)19)8-11(21-2)22-3/h4-7,11,13,19H,8H2,1-3H3/t13-/m1/s1. The van der Waals surface area contributed by atoms with Crippen LogP contribution in [-0.2, 0) is 19.1 Å². The van der Waals surface area contributed by atoms with Crippen molar-refractivity contribution in [3.8, 4) is 0 Å². The zero-order valence-electron chi connectivity index (χ0n) is 12.6. The molecule has 0 bridgehead atoms. The Morgan fingerprint density at radius 3 is 2.59 bits per heavy atom. The van der Waals surface area contributed by atoms with Crippen LogP contribution in [0.2, 0.25) is 0 Å². The molecule has 1 N–H and O–H groups in total. The molecule has 0 aliphatic carbocycles. The highest BCUT2D eigenvalue weighted by molar-refractivity contribution is 6.08. The van der Waals surface area contributed by atoms with Crippen molar-refractivity contribution >= 4 is 11.7 Å². The number of methoxy groups -OCH3 is 2. The first-order chi connectivity index (χ1) is 10.5. The number of ketones is 1. The highest BCUT2D eigenvalue weighted by Crippen LogP contribution is 2.36. The molecule has 1 aliphatic rings. The molecule has 1 aromatic heterocycles. The second-order valence-corrected chi connectivity index (χ2v) is 4.83. The number of carbonyl (C=O) groups excluding carboxylic acids is 2. The van der Waals surface area contributed by atoms with Gasteiger partial charge >= 0.3 is 0 Å². The van der Waals surface area contributed by atoms with Crippen LogP contribution in [0, 0.1) is 0 Å². The fraction of sp³-hybridized carbons (Fsp3) is 0.400. The molecule has 1 atom stereocenters. The summed E-state index contributed by atoms with van der Waals surface area (Å²) < 4.78 is 10.2. The van der Waals surface area contributed by atoms with Crippen LogP contribution in [-0.4, -0.2) is 53.7 Å². The van der Waals surface area contributed by atoms with Crippen LogP contribution in [0.5, 0.6) is 0 Å². The van der Waals surface area contributed by atoms with E-state index < -0.39 is 24.0 Å². The summed E-state index contributed by atoms with van der Waals surface area (Å²) in [4.78, 5) is 29.7. The normalized spacial score (nSPS) is 18.5. The zero-order chi connectivity index (χ0) is 16.3. The van der Waals surface area contributed by atoms with Gasteiger partial charge in [0.1, 0.15) is 6.04 Å². The van der Waals surface area contributed by atoms with Crippen LogP contribution in [0.3, 0.4) is 0 Å². The van der Waals surface area contributed by atoms with Crippen LogP contribution >= 0.6 is 0 Å². The monoisotopic (exact) mass is 306 g/mol. The van der Waals surface area contributed by atoms with Gasteiger partial charge in [0, 0.05) is 20.4 Å². The predicted molar refractivity (Wildman–Crippen MR) is 76.8 cm³/mol. The van der Waals surface area contributed by atoms with Crippen LogP contribution in [0.15, 0.2) is 35.7 Å². The highest BCUT2D eigenvalue weighted by Gasteiger charge is 2.43. The Morgan fingerprint density at radius 2 is 2.09 bits per heavy atom. The maximum atomic E-state index is 12.3. The first kappa shape index (κ1) is 16.1. The predicted octanol–water partition coefficient (Wildman–Crippen LogP) is 0.985. The van der Waals surface area contributed by atoms with E-state index in [2.05, 4.69) is 4.98 Å². The van der Waals surface area contributed by atoms with Gasteiger partial charge in [0.2, 0.25) is 0 Å². The molecule has 0 saturated heterocycles. The molecule has 1 amide bonds. The van der Waals surface area contributed by atoms with Crippen molar-refractivity contribution in [2.24, 2.45) is 0 Å². The molecular weight excluding hydrogens is 288 g/mol. The molecule has 0 saturated carbocycles. The van der Waals surface area contributed by atoms with E-state index in [1.54, 1.807) is 24.4 Å². The second-order valence-electron chi connectivity index (χ2n) is 4.83. The first-order valence-corrected chi connectivity index (χ1v) is 6.72. The molecule has 2 heterocycles. The minimum absolute atomic E-state index is 0.0367. The van der Waals surface area contributed by atoms with Crippen molar-refractivity contribution < 1.29 is 24.2 Å². The number of aromatic nitrogens is 1. The van der Waals surface area contributed by atoms with E-state index in [0.29, 0.717) is 5.69 Å². The first-order valence-electron chi connectivity index (χ1n) is 6.72. The Morgan fingerprint density at radius 1 is 1.41 bits per heavy atom. The Bertz CT molecular complexity index is 595. The molecule has 0 fully saturated rings. The summed E-state index contributed by atoms with van der Waals surface area (Å²) >= 11 is 0. The number of nitrogens with zero attached hydrogens (tertiary/aromatic N) is 2. The van der Waals surface area contributed by atoms with Gasteiger partial charge in [0.15, 0.2) is 17.8 Å². The number of pyridine rings is 1. The second kappa shape index (κ2) is 6.67. The number of aliphatic hydroxyl groups excluding tert-OH is 1. The number of amides is 1. The van der Waals surface area contributed by atoms with E-state index in [-0.39, 0.29) is 17.9 Å². The van der Waals surface area contributed by atoms with Crippen molar-refractivity contribution in [1.82, 2.24) is 9.88 Å². The fourth-order valence-electron chi connectivity index (χ4n) is 2.45. The summed E-state index contributed by atoms with van der Waals surface area (Å²) in [6.45, 7) is 1.37. The Hall–Kier alpha value is -2.25. The lowest BCUT2D eigenvalue weighted by atomic mass is 10.0. The van der Waals surface area contributed by atoms with E-state index in [9.17, 15) is 14.7 Å². The minimum Gasteiger partial charge on any atom is -0.503 e. The summed E-state index contributed by atoms with van der Waals surface area (Å²) in [5.74, 6) is -1.57. The average Bonchev–Trinajstić information content (AvgIpc) is 2.77. The quantitative estimate of drug-likeness (QED) is 0.788. The third-order valence-electron chi connectivity index (χ3n) is 3.52. The molecule has 0 aromatic carbocycles. The van der Waals surface area contributed by atoms with E-state index in [1.165, 1.54) is 26.0 Å². The van der Waals surface area contributed by atoms with Gasteiger partial charge in [0.25, 0.3) is 5.91 Å². The number of rotatable bonds is 6. The molecule has 7 nitrogen and oxygen atoms in total. The van der Waals surface area contributed by atoms with Gasteiger partial charge in [-0.2, -0.15) is 0 Å². The van der Waals surface area contributed by atoms with Crippen molar-refractivity contribution in [2.75, 3.05) is 20.8 Å². The number of hydrogen-bond acceptors (Lipinski definition) is 6. The van der Waals surface area contributed by atoms with Crippen molar-refractivity contribution in [3.63, 3.8) is 0 Å². The van der Waals surface area contributed by atoms with E-state index >= 15 is 0 Å². The zero-order valence-corrected chi connectivity index (χ0v) is 12.6. The highest BCUT2D eigenvalue weighted by atomic mass is 16.7. The van der Waals surface area contributed by atoms with Crippen molar-refractivity contribution in [2.45, 2.75) is 19.3 Å². The molecular formula is C15H18N2O5. The summed E-state index contributed by atoms with van der Waals surface area (Å²) in [5.41, 5.74) is 0.533. The van der Waals surface area contributed by atoms with E-state index in [1.807, 2.05) is 0 Å². The molecule has 2 rings (SSSR count). The van der Waals surface area contributed by atoms with E-state index in [4.69, 9.17) is 9.47 Å². The summed E-state index contributed by atoms with van der Waals surface area (Å²) in [6.07, 6.45) is 0.893. The van der Waals surface area contributed by atoms with Gasteiger partial charge in [-0.15, -0.1) is 0 Å². The number of aliphatic hydroxyl groups is 1. The number of carbonyl (C=O) groups is 2. The van der Waals surface area contributed by atoms with Gasteiger partial charge < -0.3 is 19.5 Å². The lowest BCUT2D eigenvalue weighted by Crippen LogP contribution is -2.39. The van der Waals surface area contributed by atoms with Gasteiger partial charge in [-0.25, -0.2) is 0 Å². The van der Waals surface area contributed by atoms with Crippen LogP contribution < -0.4 is 0 Å². The summed E-state index contributed by atoms with van der Waals surface area (Å²) in [5, 5.41) is 10.0. The summed E-state index contributed by atoms with van der Waals surface area (Å²) in [7, 11) is 2.90. The molecule has 0 radical (unpaired) electrons. The third kappa shape index (κ3) is 2.86. The van der Waals surface area contributed by atoms with Crippen LogP contribution in [0.4, 0.5) is 0 Å². The topological polar surface area (TPSA) is 89.0 Å². The van der Waals surface area contributed by atoms with Crippen molar-refractivity contribution in [1.29, 1.82) is 0 Å². The van der Waals surface area contributed by atoms with E-state index in [0.717, 1.165) is 0 Å². The third-order valence-corrected chi connectivity index (χ3v) is 3.52. The number of hydrogen-bond donors (Lipinski definition) is 1. The average molecular weight is 306 g/mol. The minimum atomic E-state index is -0.751. The van der Waals surface area contributed by atoms with Crippen LogP contribution in [0.25, 0.3) is 0 Å². The van der Waals surface area contributed by atoms with Gasteiger partial charge in [-0.3, -0.25) is 14.6 Å². The Labute approximate surface area is 128 Å². The lowest BCUT2D eigenvalue weighted by Gasteiger charge is -2.28. The molecule has 22 heavy (non-hydrogen) atoms. The number of Topliss-reactive ketones (excluding diaryl/α,β-unsaturated/α-hetero) is 1. The maximum Gasteiger partial charge on any atom is 0.290 e. The van der Waals surface area contributed by atoms with Crippen LogP contribution in [0.1, 0.15) is 18.7 Å². The largest absolute Gasteiger partial charge is 0.503 e. The fourth-order valence-corrected chi connectivity index (χ4v) is 2.45. The van der Waals surface area contributed by atoms with Crippen molar-refractivity contribution in [3.05, 3.63) is 41.4 Å².